The van der Waals surface area contributed by atoms with Gasteiger partial charge in [0.1, 0.15) is 110 Å². The van der Waals surface area contributed by atoms with Crippen molar-refractivity contribution < 1.29 is 170 Å². The minimum absolute atomic E-state index is 0. The number of allylic oxidation sites excluding steroid dienone is 2. The summed E-state index contributed by atoms with van der Waals surface area (Å²) in [5, 5.41) is 157. The maximum atomic E-state index is 13.3. The van der Waals surface area contributed by atoms with E-state index in [0.717, 1.165) is 5.57 Å². The van der Waals surface area contributed by atoms with Crippen LogP contribution in [0.3, 0.4) is 0 Å². The van der Waals surface area contributed by atoms with Gasteiger partial charge < -0.3 is 123 Å². The van der Waals surface area contributed by atoms with Crippen LogP contribution in [0.15, 0.2) is 11.6 Å². The standard InChI is InChI=1S/C57H94O29S.Na/c1-21(2)15-25(60)18-57(8,72)34-10-9-28-27-17-31(30-16-26(86-87(73,74)75)11-13-55(30,6)29(27)12-14-56(28,34)7)79-53-48(42(68)38(64)32(19-58)80-53)85-54-49(84-51-44(70)40(66)36(62)23(4)77-51)45(71)46(33(20-59)81-54)82-52-47(41(67)37(63)24(5)78-52)83-50-43(69)39(65)35(61)22(3)76-50;/h12,21-24,26-28,30-54,58-59,61-72H,9-11,13-20H2,1-8H3,(H,73,74,75);/q;+1/p-1/t22?,23?,24?,26?,27?,28?,30?,31?,32?,33?,34-,35-,36+,37+,38?,39?,40?,41?,42?,43?,44?,45?,46?,47?,48?,49?,50-,51-,52-,53?,54?,55+,56-,57?;/m0./s1. The molecule has 88 heavy (non-hydrogen) atoms. The fourth-order valence-electron chi connectivity index (χ4n) is 16.1. The van der Waals surface area contributed by atoms with Crippen LogP contribution in [0, 0.1) is 40.4 Å². The van der Waals surface area contributed by atoms with Crippen molar-refractivity contribution in [1.82, 2.24) is 0 Å². The third kappa shape index (κ3) is 14.5. The third-order valence-corrected chi connectivity index (χ3v) is 21.2. The minimum atomic E-state index is -5.20. The molecule has 31 heteroatoms. The van der Waals surface area contributed by atoms with Crippen LogP contribution in [0.2, 0.25) is 0 Å². The Morgan fingerprint density at radius 1 is 0.625 bits per heavy atom. The molecule has 5 heterocycles. The van der Waals surface area contributed by atoms with Gasteiger partial charge in [-0.05, 0) is 113 Å². The molecule has 0 spiro atoms. The zero-order valence-electron chi connectivity index (χ0n) is 51.1. The molecule has 502 valence electrons. The molecule has 8 fully saturated rings. The molecule has 0 aromatic carbocycles. The van der Waals surface area contributed by atoms with Gasteiger partial charge in [-0.25, -0.2) is 8.42 Å². The number of carbonyl (C=O) groups excluding carboxylic acids is 1. The van der Waals surface area contributed by atoms with Crippen molar-refractivity contribution >= 4 is 16.2 Å². The van der Waals surface area contributed by atoms with Crippen molar-refractivity contribution in [2.75, 3.05) is 13.2 Å². The van der Waals surface area contributed by atoms with Crippen molar-refractivity contribution in [2.45, 2.75) is 285 Å². The molecule has 0 radical (unpaired) electrons. The van der Waals surface area contributed by atoms with Crippen molar-refractivity contribution in [1.29, 1.82) is 0 Å². The van der Waals surface area contributed by atoms with E-state index >= 15 is 0 Å². The van der Waals surface area contributed by atoms with E-state index in [9.17, 15) is 89.3 Å². The molecule has 3 saturated carbocycles. The molecule has 34 atom stereocenters. The number of aliphatic hydroxyl groups is 14. The molecule has 0 bridgehead atoms. The van der Waals surface area contributed by atoms with Crippen molar-refractivity contribution in [2.24, 2.45) is 40.4 Å². The van der Waals surface area contributed by atoms with Gasteiger partial charge in [0.05, 0.1) is 49.3 Å². The Kier molecular flexibility index (Phi) is 23.7. The van der Waals surface area contributed by atoms with Gasteiger partial charge in [0, 0.05) is 12.8 Å². The van der Waals surface area contributed by atoms with E-state index in [-0.39, 0.29) is 84.7 Å². The number of Topliss-reactive ketones (excluding diaryl/α,β-unsaturated/α-hetero) is 1. The first-order valence-corrected chi connectivity index (χ1v) is 31.8. The van der Waals surface area contributed by atoms with Crippen LogP contribution in [-0.2, 0) is 66.7 Å². The summed E-state index contributed by atoms with van der Waals surface area (Å²) in [6.07, 6.45) is -42.0. The first kappa shape index (κ1) is 73.1. The number of fused-ring (bicyclic) bond motifs is 5. The van der Waals surface area contributed by atoms with Crippen LogP contribution in [0.1, 0.15) is 113 Å². The van der Waals surface area contributed by atoms with E-state index < -0.39 is 212 Å². The summed E-state index contributed by atoms with van der Waals surface area (Å²) in [5.74, 6) is -1.28. The van der Waals surface area contributed by atoms with Crippen LogP contribution in [0.5, 0.6) is 0 Å². The number of ether oxygens (including phenoxy) is 10. The summed E-state index contributed by atoms with van der Waals surface area (Å²) in [7, 11) is -5.20. The second kappa shape index (κ2) is 28.6. The molecule has 5 aliphatic heterocycles. The van der Waals surface area contributed by atoms with Gasteiger partial charge in [-0.1, -0.05) is 39.3 Å². The SMILES string of the molecule is CC(C)CC(=O)CC(C)(O)[C@H]1CCC2C3CC(OC4OC(CO)C(O)C(O)C4OC4OC(CO)C(O[C@@H]5OC(C)[C@@H](O)C(O)C5O[C@@H]5OC(C)[C@H](O)C(O)C5O)C(O)C4O[C@@H]4OC(C)[C@@H](O)C(O)C4O)C4CC(OS(=O)(=O)[O-])CC[C@]4(C)C3=CC[C@@]21C.[Na+]. The first-order valence-electron chi connectivity index (χ1n) is 30.5. The summed E-state index contributed by atoms with van der Waals surface area (Å²) < 4.78 is 103. The van der Waals surface area contributed by atoms with Crippen molar-refractivity contribution in [3.63, 3.8) is 0 Å². The Morgan fingerprint density at radius 2 is 1.10 bits per heavy atom. The van der Waals surface area contributed by atoms with E-state index in [0.29, 0.717) is 32.1 Å². The predicted octanol–water partition coefficient (Wildman–Crippen LogP) is -6.65. The summed E-state index contributed by atoms with van der Waals surface area (Å²) in [6.45, 7) is 11.9. The van der Waals surface area contributed by atoms with Crippen LogP contribution < -0.4 is 29.6 Å². The van der Waals surface area contributed by atoms with E-state index in [1.807, 2.05) is 20.8 Å². The van der Waals surface area contributed by atoms with E-state index in [1.165, 1.54) is 20.8 Å². The fourth-order valence-corrected chi connectivity index (χ4v) is 16.6. The maximum absolute atomic E-state index is 13.3. The quantitative estimate of drug-likeness (QED) is 0.0247. The number of ketones is 1. The summed E-state index contributed by atoms with van der Waals surface area (Å²) in [6, 6.07) is 0. The molecular weight excluding hydrogens is 1200 g/mol. The Balaban J connectivity index is 0.0000100. The van der Waals surface area contributed by atoms with Crippen LogP contribution >= 0.6 is 0 Å². The molecule has 25 unspecified atom stereocenters. The molecular formula is C57H93NaO29S. The summed E-state index contributed by atoms with van der Waals surface area (Å²) in [5.41, 5.74) is -1.60. The predicted molar refractivity (Wildman–Crippen MR) is 290 cm³/mol. The molecule has 14 N–H and O–H groups in total. The van der Waals surface area contributed by atoms with Gasteiger partial charge in [0.15, 0.2) is 31.5 Å². The van der Waals surface area contributed by atoms with Crippen LogP contribution in [-0.4, -0.2) is 275 Å². The average Bonchev–Trinajstić information content (AvgIpc) is 1.32. The number of aliphatic hydroxyl groups excluding tert-OH is 13. The van der Waals surface area contributed by atoms with Gasteiger partial charge in [-0.3, -0.25) is 8.98 Å². The molecule has 0 aromatic heterocycles. The van der Waals surface area contributed by atoms with Gasteiger partial charge in [0.25, 0.3) is 0 Å². The second-order valence-corrected chi connectivity index (χ2v) is 28.1. The smallest absolute Gasteiger partial charge is 0.726 e. The monoisotopic (exact) mass is 1300 g/mol. The fraction of sp³-hybridized carbons (Fsp3) is 0.947. The molecule has 5 saturated heterocycles. The van der Waals surface area contributed by atoms with Crippen LogP contribution in [0.4, 0.5) is 0 Å². The Bertz CT molecular complexity index is 2480. The van der Waals surface area contributed by atoms with Crippen molar-refractivity contribution in [3.05, 3.63) is 11.6 Å². The molecule has 29 nitrogen and oxygen atoms in total. The normalized spacial score (nSPS) is 50.6. The average molecular weight is 1300 g/mol. The van der Waals surface area contributed by atoms with Crippen molar-refractivity contribution in [3.8, 4) is 0 Å². The largest absolute Gasteiger partial charge is 1.00 e. The zero-order chi connectivity index (χ0) is 63.9. The summed E-state index contributed by atoms with van der Waals surface area (Å²) in [4.78, 5) is 13.3. The molecule has 4 aliphatic carbocycles. The number of rotatable bonds is 19. The van der Waals surface area contributed by atoms with E-state index in [1.54, 1.807) is 6.92 Å². The maximum Gasteiger partial charge on any atom is 1.00 e. The molecule has 9 rings (SSSR count). The van der Waals surface area contributed by atoms with E-state index in [4.69, 9.17) is 51.6 Å². The van der Waals surface area contributed by atoms with Gasteiger partial charge in [0.2, 0.25) is 10.4 Å². The summed E-state index contributed by atoms with van der Waals surface area (Å²) >= 11 is 0. The molecule has 0 aromatic rings. The topological polar surface area (TPSA) is 459 Å². The Morgan fingerprint density at radius 3 is 1.65 bits per heavy atom. The molecule has 0 amide bonds. The zero-order valence-corrected chi connectivity index (χ0v) is 53.9. The Hall–Kier alpha value is -0.680. The number of hydrogen-bond donors (Lipinski definition) is 14. The minimum Gasteiger partial charge on any atom is -0.726 e. The second-order valence-electron chi connectivity index (χ2n) is 27.1. The van der Waals surface area contributed by atoms with E-state index in [2.05, 4.69) is 13.0 Å². The third-order valence-electron chi connectivity index (χ3n) is 20.7. The van der Waals surface area contributed by atoms with Crippen LogP contribution in [0.25, 0.3) is 0 Å². The number of carbonyl (C=O) groups is 1. The van der Waals surface area contributed by atoms with Gasteiger partial charge in [-0.15, -0.1) is 0 Å². The Labute approximate surface area is 533 Å². The first-order chi connectivity index (χ1) is 40.6. The molecule has 9 aliphatic rings. The van der Waals surface area contributed by atoms with Gasteiger partial charge >= 0.3 is 29.6 Å². The number of hydrogen-bond acceptors (Lipinski definition) is 29. The van der Waals surface area contributed by atoms with Gasteiger partial charge in [-0.2, -0.15) is 0 Å².